The number of alkyl halides is 3. The minimum absolute atomic E-state index is 0.00212. The molecule has 0 bridgehead atoms. The number of azo groups is 1. The Bertz CT molecular complexity index is 1520. The summed E-state index contributed by atoms with van der Waals surface area (Å²) in [6.45, 7) is 4.26. The smallest absolute Gasteiger partial charge is 0.299 e. The first kappa shape index (κ1) is 26.9. The molecule has 40 heavy (non-hydrogen) atoms. The summed E-state index contributed by atoms with van der Waals surface area (Å²) >= 11 is 0. The lowest BCUT2D eigenvalue weighted by atomic mass is 9.71. The molecule has 1 saturated heterocycles. The first-order valence-corrected chi connectivity index (χ1v) is 14.2. The van der Waals surface area contributed by atoms with Crippen molar-refractivity contribution in [1.29, 1.82) is 0 Å². The summed E-state index contributed by atoms with van der Waals surface area (Å²) in [6, 6.07) is 8.75. The first-order valence-electron chi connectivity index (χ1n) is 14.2. The molecule has 1 saturated carbocycles. The predicted octanol–water partition coefficient (Wildman–Crippen LogP) is 6.24. The Hall–Kier alpha value is -3.27. The molecule has 211 valence electrons. The fourth-order valence-electron chi connectivity index (χ4n) is 6.44. The van der Waals surface area contributed by atoms with Crippen LogP contribution in [0.1, 0.15) is 68.1 Å². The van der Waals surface area contributed by atoms with Crippen molar-refractivity contribution in [2.24, 2.45) is 22.1 Å². The van der Waals surface area contributed by atoms with Gasteiger partial charge >= 0.3 is 24.4 Å². The van der Waals surface area contributed by atoms with E-state index in [1.165, 1.54) is 16.8 Å². The highest BCUT2D eigenvalue weighted by molar-refractivity contribution is 5.58. The van der Waals surface area contributed by atoms with Gasteiger partial charge in [-0.2, -0.15) is 13.2 Å². The van der Waals surface area contributed by atoms with E-state index in [1.54, 1.807) is 18.6 Å². The van der Waals surface area contributed by atoms with Gasteiger partial charge < -0.3 is 0 Å². The molecule has 10 heteroatoms. The fourth-order valence-corrected chi connectivity index (χ4v) is 6.44. The van der Waals surface area contributed by atoms with Crippen LogP contribution in [-0.2, 0) is 12.7 Å². The number of pyridine rings is 1. The normalized spacial score (nSPS) is 21.9. The molecular weight excluding hydrogens is 517 g/mol. The van der Waals surface area contributed by atoms with E-state index in [0.717, 1.165) is 67.7 Å². The molecule has 2 atom stereocenters. The van der Waals surface area contributed by atoms with Crippen molar-refractivity contribution in [1.82, 2.24) is 13.9 Å². The lowest BCUT2D eigenvalue weighted by Crippen LogP contribution is -2.29. The molecule has 1 aliphatic carbocycles. The molecular formula is C30H35F3N6O+. The molecule has 6 rings (SSSR count). The van der Waals surface area contributed by atoms with Gasteiger partial charge in [-0.15, -0.1) is 0 Å². The standard InChI is InChI=1S/C30H35F3N6O/c1-20-7-3-4-12-37(15-20)16-21-13-25(30(31,32)33)26-18-38(29(40)39(26)17-21)24-11-6-10-23(14-24)27(22-8-5-9-22)28-35-34-19-36(28)2/h6,10-11,13-14,17-20,22,27H,3-5,7-9,12,15-16H2,1-2H3/q+1/t20-,27-/m1/s1. The van der Waals surface area contributed by atoms with Crippen molar-refractivity contribution >= 4 is 11.9 Å². The van der Waals surface area contributed by atoms with Crippen LogP contribution in [0, 0.1) is 18.0 Å². The minimum atomic E-state index is -4.59. The largest absolute Gasteiger partial charge is 0.418 e. The molecule has 3 aromatic rings. The first-order chi connectivity index (χ1) is 19.2. The maximum atomic E-state index is 14.3. The zero-order valence-corrected chi connectivity index (χ0v) is 22.9. The number of halogens is 3. The molecule has 0 unspecified atom stereocenters. The number of likely N-dealkylation sites (tertiary alicyclic amines) is 1. The number of likely N-dealkylation sites (N-methyl/N-ethyl adjacent to an activating group) is 1. The summed E-state index contributed by atoms with van der Waals surface area (Å²) in [7, 11) is 1.92. The average molecular weight is 553 g/mol. The lowest BCUT2D eigenvalue weighted by molar-refractivity contribution is -0.480. The Morgan fingerprint density at radius 3 is 2.62 bits per heavy atom. The third-order valence-corrected chi connectivity index (χ3v) is 8.68. The average Bonchev–Trinajstić information content (AvgIpc) is 3.38. The molecule has 1 radical (unpaired) electrons. The third kappa shape index (κ3) is 5.13. The Morgan fingerprint density at radius 1 is 1.10 bits per heavy atom. The van der Waals surface area contributed by atoms with Gasteiger partial charge in [-0.1, -0.05) is 31.9 Å². The van der Waals surface area contributed by atoms with Crippen molar-refractivity contribution in [3.63, 3.8) is 0 Å². The Balaban J connectivity index is 1.40. The second-order valence-electron chi connectivity index (χ2n) is 11.7. The van der Waals surface area contributed by atoms with E-state index >= 15 is 0 Å². The zero-order valence-electron chi connectivity index (χ0n) is 22.9. The number of rotatable bonds is 6. The molecule has 4 heterocycles. The number of fused-ring (bicyclic) bond motifs is 1. The van der Waals surface area contributed by atoms with Crippen molar-refractivity contribution in [3.05, 3.63) is 76.1 Å². The minimum Gasteiger partial charge on any atom is -0.299 e. The van der Waals surface area contributed by atoms with E-state index < -0.39 is 17.4 Å². The van der Waals surface area contributed by atoms with Gasteiger partial charge in [-0.25, -0.2) is 9.37 Å². The van der Waals surface area contributed by atoms with E-state index in [4.69, 9.17) is 0 Å². The Kier molecular flexibility index (Phi) is 7.14. The van der Waals surface area contributed by atoms with E-state index in [-0.39, 0.29) is 11.4 Å². The zero-order chi connectivity index (χ0) is 28.0. The number of nitrogens with zero attached hydrogens (tertiary/aromatic N) is 6. The van der Waals surface area contributed by atoms with Gasteiger partial charge in [-0.05, 0) is 78.5 Å². The second kappa shape index (κ2) is 10.6. The molecule has 2 fully saturated rings. The van der Waals surface area contributed by atoms with Crippen LogP contribution in [0.5, 0.6) is 0 Å². The van der Waals surface area contributed by atoms with Gasteiger partial charge in [0.25, 0.3) is 0 Å². The SMILES string of the molecule is C[C@@H]1CCCCN(Cc2cc(C(F)(F)F)c3cn(-c4cccc([C@H]([C]5N=NC=[N+]5C)C5CCC5)c4)c(=O)n3c2)C1. The molecule has 2 aliphatic heterocycles. The maximum Gasteiger partial charge on any atom is 0.418 e. The van der Waals surface area contributed by atoms with Crippen molar-refractivity contribution in [3.8, 4) is 5.69 Å². The van der Waals surface area contributed by atoms with Crippen LogP contribution in [0.25, 0.3) is 11.2 Å². The molecule has 2 aromatic heterocycles. The van der Waals surface area contributed by atoms with E-state index in [1.807, 2.05) is 29.8 Å². The lowest BCUT2D eigenvalue weighted by Gasteiger charge is -2.34. The van der Waals surface area contributed by atoms with E-state index in [0.29, 0.717) is 29.6 Å². The molecule has 3 aliphatic rings. The van der Waals surface area contributed by atoms with Crippen LogP contribution in [0.3, 0.4) is 0 Å². The Labute approximate surface area is 231 Å². The van der Waals surface area contributed by atoms with E-state index in [9.17, 15) is 18.0 Å². The number of benzene rings is 1. The predicted molar refractivity (Wildman–Crippen MR) is 147 cm³/mol. The van der Waals surface area contributed by atoms with Gasteiger partial charge in [0, 0.05) is 25.5 Å². The van der Waals surface area contributed by atoms with Gasteiger partial charge in [0.1, 0.15) is 0 Å². The molecule has 7 nitrogen and oxygen atoms in total. The summed E-state index contributed by atoms with van der Waals surface area (Å²) in [5.41, 5.74) is 0.574. The van der Waals surface area contributed by atoms with Crippen LogP contribution < -0.4 is 5.69 Å². The Morgan fingerprint density at radius 2 is 1.93 bits per heavy atom. The second-order valence-corrected chi connectivity index (χ2v) is 11.7. The van der Waals surface area contributed by atoms with E-state index in [2.05, 4.69) is 22.1 Å². The molecule has 0 amide bonds. The van der Waals surface area contributed by atoms with Crippen molar-refractivity contribution in [2.45, 2.75) is 64.1 Å². The van der Waals surface area contributed by atoms with Crippen molar-refractivity contribution < 1.29 is 17.7 Å². The highest BCUT2D eigenvalue weighted by atomic mass is 19.4. The summed E-state index contributed by atoms with van der Waals surface area (Å²) in [5.74, 6) is 0.904. The quantitative estimate of drug-likeness (QED) is 0.340. The fraction of sp³-hybridized carbons (Fsp3) is 0.500. The van der Waals surface area contributed by atoms with Crippen molar-refractivity contribution in [2.75, 3.05) is 20.1 Å². The molecule has 0 N–H and O–H groups in total. The summed E-state index contributed by atoms with van der Waals surface area (Å²) in [6.07, 6.45) is 7.44. The highest BCUT2D eigenvalue weighted by Gasteiger charge is 2.42. The summed E-state index contributed by atoms with van der Waals surface area (Å²) in [5, 5.41) is 8.44. The monoisotopic (exact) mass is 552 g/mol. The number of imidazole rings is 1. The summed E-state index contributed by atoms with van der Waals surface area (Å²) < 4.78 is 47.3. The van der Waals surface area contributed by atoms with Crippen LogP contribution in [0.4, 0.5) is 13.2 Å². The number of hydrogen-bond donors (Lipinski definition) is 0. The van der Waals surface area contributed by atoms with Gasteiger partial charge in [0.15, 0.2) is 0 Å². The van der Waals surface area contributed by atoms with Gasteiger partial charge in [0.2, 0.25) is 0 Å². The molecule has 1 aromatic carbocycles. The van der Waals surface area contributed by atoms with Crippen LogP contribution >= 0.6 is 0 Å². The summed E-state index contributed by atoms with van der Waals surface area (Å²) in [4.78, 5) is 15.8. The van der Waals surface area contributed by atoms with Gasteiger partial charge in [0.05, 0.1) is 34.8 Å². The number of hydrogen-bond acceptors (Lipinski definition) is 4. The van der Waals surface area contributed by atoms with Crippen LogP contribution in [0.15, 0.2) is 57.7 Å². The highest BCUT2D eigenvalue weighted by Crippen LogP contribution is 2.46. The topological polar surface area (TPSA) is 57.4 Å². The number of aromatic nitrogens is 2. The van der Waals surface area contributed by atoms with Crippen LogP contribution in [0.2, 0.25) is 0 Å². The van der Waals surface area contributed by atoms with Gasteiger partial charge in [-0.3, -0.25) is 13.9 Å². The van der Waals surface area contributed by atoms with Crippen LogP contribution in [-0.4, -0.2) is 44.9 Å². The molecule has 0 spiro atoms. The third-order valence-electron chi connectivity index (χ3n) is 8.68. The maximum absolute atomic E-state index is 14.3.